The molecular weight excluding hydrogens is 152 g/mol. The first-order chi connectivity index (χ1) is 5.79. The highest BCUT2D eigenvalue weighted by molar-refractivity contribution is 5.72. The highest BCUT2D eigenvalue weighted by Gasteiger charge is 1.98. The van der Waals surface area contributed by atoms with E-state index < -0.39 is 0 Å². The average Bonchev–Trinajstić information content (AvgIpc) is 2.11. The summed E-state index contributed by atoms with van der Waals surface area (Å²) in [6.07, 6.45) is 6.11. The summed E-state index contributed by atoms with van der Waals surface area (Å²) in [7, 11) is 0. The summed E-state index contributed by atoms with van der Waals surface area (Å²) < 4.78 is 0. The Morgan fingerprint density at radius 2 is 1.25 bits per heavy atom. The Kier molecular flexibility index (Phi) is 5.88. The normalized spacial score (nSPS) is 12.8. The van der Waals surface area contributed by atoms with Crippen LogP contribution in [0.5, 0.6) is 0 Å². The van der Waals surface area contributed by atoms with Crippen LogP contribution < -0.4 is 0 Å². The molecule has 0 saturated carbocycles. The zero-order chi connectivity index (χ0) is 9.40. The molecule has 0 spiro atoms. The lowest BCUT2D eigenvalue weighted by molar-refractivity contribution is -0.105. The van der Waals surface area contributed by atoms with Gasteiger partial charge in [0.1, 0.15) is 12.6 Å². The van der Waals surface area contributed by atoms with Crippen molar-refractivity contribution in [3.05, 3.63) is 23.3 Å². The number of hydrogen-bond donors (Lipinski definition) is 0. The van der Waals surface area contributed by atoms with Crippen LogP contribution in [0.2, 0.25) is 0 Å². The van der Waals surface area contributed by atoms with E-state index >= 15 is 0 Å². The minimum Gasteiger partial charge on any atom is -0.299 e. The Balaban J connectivity index is 4.66. The lowest BCUT2D eigenvalue weighted by Gasteiger charge is -2.04. The largest absolute Gasteiger partial charge is 0.299 e. The van der Waals surface area contributed by atoms with Crippen LogP contribution in [0.15, 0.2) is 23.3 Å². The second-order valence-corrected chi connectivity index (χ2v) is 2.36. The van der Waals surface area contributed by atoms with E-state index in [4.69, 9.17) is 0 Å². The van der Waals surface area contributed by atoms with Crippen molar-refractivity contribution >= 4 is 12.6 Å². The summed E-state index contributed by atoms with van der Waals surface area (Å²) in [4.78, 5) is 20.4. The van der Waals surface area contributed by atoms with E-state index in [9.17, 15) is 9.59 Å². The molecule has 0 rings (SSSR count). The highest BCUT2D eigenvalue weighted by atomic mass is 16.1. The first-order valence-electron chi connectivity index (χ1n) is 4.09. The van der Waals surface area contributed by atoms with E-state index in [0.717, 1.165) is 36.6 Å². The fourth-order valence-corrected chi connectivity index (χ4v) is 1.07. The Bertz CT molecular complexity index is 188. The Morgan fingerprint density at radius 1 is 0.917 bits per heavy atom. The molecule has 0 aromatic heterocycles. The Labute approximate surface area is 73.0 Å². The summed E-state index contributed by atoms with van der Waals surface area (Å²) in [5, 5.41) is 0. The minimum atomic E-state index is 0.757. The quantitative estimate of drug-likeness (QED) is 0.356. The summed E-state index contributed by atoms with van der Waals surface area (Å²) >= 11 is 0. The van der Waals surface area contributed by atoms with Crippen LogP contribution in [0.25, 0.3) is 0 Å². The van der Waals surface area contributed by atoms with Crippen LogP contribution in [0.4, 0.5) is 0 Å². The summed E-state index contributed by atoms with van der Waals surface area (Å²) in [6, 6.07) is 0. The van der Waals surface area contributed by atoms with Crippen molar-refractivity contribution in [2.24, 2.45) is 0 Å². The van der Waals surface area contributed by atoms with Crippen LogP contribution in [0.1, 0.15) is 26.7 Å². The van der Waals surface area contributed by atoms with Crippen molar-refractivity contribution in [3.8, 4) is 0 Å². The molecule has 0 N–H and O–H groups in total. The molecule has 0 aliphatic rings. The standard InChI is InChI=1S/C10H14O2/c1-3-9(5-7-11)10(4-2)6-8-12/h5-8H,3-4H2,1-2H3. The molecule has 0 heterocycles. The van der Waals surface area contributed by atoms with Gasteiger partial charge in [0.05, 0.1) is 0 Å². The highest BCUT2D eigenvalue weighted by Crippen LogP contribution is 2.15. The van der Waals surface area contributed by atoms with Gasteiger partial charge < -0.3 is 0 Å². The maximum atomic E-state index is 10.2. The first-order valence-corrected chi connectivity index (χ1v) is 4.09. The van der Waals surface area contributed by atoms with Crippen LogP contribution in [-0.2, 0) is 9.59 Å². The molecule has 0 aliphatic carbocycles. The Morgan fingerprint density at radius 3 is 1.42 bits per heavy atom. The third-order valence-corrected chi connectivity index (χ3v) is 1.71. The smallest absolute Gasteiger partial charge is 0.143 e. The molecule has 0 bridgehead atoms. The van der Waals surface area contributed by atoms with Crippen molar-refractivity contribution in [1.82, 2.24) is 0 Å². The first kappa shape index (κ1) is 10.8. The molecule has 0 aromatic carbocycles. The predicted molar refractivity (Wildman–Crippen MR) is 48.9 cm³/mol. The Hall–Kier alpha value is -1.18. The van der Waals surface area contributed by atoms with Gasteiger partial charge in [-0.25, -0.2) is 0 Å². The van der Waals surface area contributed by atoms with Crippen molar-refractivity contribution in [2.75, 3.05) is 0 Å². The number of carbonyl (C=O) groups excluding carboxylic acids is 2. The fourth-order valence-electron chi connectivity index (χ4n) is 1.07. The zero-order valence-corrected chi connectivity index (χ0v) is 7.54. The second-order valence-electron chi connectivity index (χ2n) is 2.36. The third kappa shape index (κ3) is 3.28. The second kappa shape index (κ2) is 6.53. The van der Waals surface area contributed by atoms with Gasteiger partial charge in [0.25, 0.3) is 0 Å². The molecule has 0 aromatic rings. The fraction of sp³-hybridized carbons (Fsp3) is 0.400. The molecule has 0 unspecified atom stereocenters. The molecule has 0 aliphatic heterocycles. The van der Waals surface area contributed by atoms with Crippen molar-refractivity contribution < 1.29 is 9.59 Å². The zero-order valence-electron chi connectivity index (χ0n) is 7.54. The van der Waals surface area contributed by atoms with E-state index in [-0.39, 0.29) is 0 Å². The summed E-state index contributed by atoms with van der Waals surface area (Å²) in [5.74, 6) is 0. The van der Waals surface area contributed by atoms with E-state index in [0.29, 0.717) is 0 Å². The maximum absolute atomic E-state index is 10.2. The van der Waals surface area contributed by atoms with Gasteiger partial charge in [-0.15, -0.1) is 0 Å². The van der Waals surface area contributed by atoms with Gasteiger partial charge in [-0.05, 0) is 36.1 Å². The molecule has 2 nitrogen and oxygen atoms in total. The molecule has 0 atom stereocenters. The van der Waals surface area contributed by atoms with E-state index in [1.165, 1.54) is 12.2 Å². The average molecular weight is 166 g/mol. The number of aldehydes is 2. The lowest BCUT2D eigenvalue weighted by atomic mass is 10.0. The number of allylic oxidation sites excluding steroid dienone is 4. The summed E-state index contributed by atoms with van der Waals surface area (Å²) in [6.45, 7) is 3.92. The SMILES string of the molecule is CCC(=CC=O)C(=CC=O)CC. The lowest BCUT2D eigenvalue weighted by Crippen LogP contribution is -1.88. The van der Waals surface area contributed by atoms with E-state index in [1.807, 2.05) is 13.8 Å². The topological polar surface area (TPSA) is 34.1 Å². The van der Waals surface area contributed by atoms with Gasteiger partial charge in [0.15, 0.2) is 0 Å². The van der Waals surface area contributed by atoms with Crippen molar-refractivity contribution in [2.45, 2.75) is 26.7 Å². The molecule has 2 heteroatoms. The minimum absolute atomic E-state index is 0.757. The van der Waals surface area contributed by atoms with Crippen molar-refractivity contribution in [1.29, 1.82) is 0 Å². The number of carbonyl (C=O) groups is 2. The molecule has 0 fully saturated rings. The van der Waals surface area contributed by atoms with Gasteiger partial charge in [0, 0.05) is 0 Å². The maximum Gasteiger partial charge on any atom is 0.143 e. The molecule has 0 radical (unpaired) electrons. The molecule has 12 heavy (non-hydrogen) atoms. The molecule has 0 saturated heterocycles. The predicted octanol–water partition coefficient (Wildman–Crippen LogP) is 2.06. The third-order valence-electron chi connectivity index (χ3n) is 1.71. The van der Waals surface area contributed by atoms with Gasteiger partial charge in [-0.3, -0.25) is 9.59 Å². The van der Waals surface area contributed by atoms with Crippen molar-refractivity contribution in [3.63, 3.8) is 0 Å². The number of rotatable bonds is 5. The van der Waals surface area contributed by atoms with Crippen LogP contribution in [0.3, 0.4) is 0 Å². The van der Waals surface area contributed by atoms with E-state index in [2.05, 4.69) is 0 Å². The van der Waals surface area contributed by atoms with Gasteiger partial charge in [0.2, 0.25) is 0 Å². The van der Waals surface area contributed by atoms with E-state index in [1.54, 1.807) is 0 Å². The van der Waals surface area contributed by atoms with Gasteiger partial charge in [-0.2, -0.15) is 0 Å². The summed E-state index contributed by atoms with van der Waals surface area (Å²) in [5.41, 5.74) is 1.89. The molecule has 0 amide bonds. The van der Waals surface area contributed by atoms with Crippen LogP contribution in [0, 0.1) is 0 Å². The van der Waals surface area contributed by atoms with Crippen LogP contribution >= 0.6 is 0 Å². The monoisotopic (exact) mass is 166 g/mol. The van der Waals surface area contributed by atoms with Crippen LogP contribution in [-0.4, -0.2) is 12.6 Å². The number of hydrogen-bond acceptors (Lipinski definition) is 2. The van der Waals surface area contributed by atoms with Gasteiger partial charge in [-0.1, -0.05) is 13.8 Å². The van der Waals surface area contributed by atoms with Gasteiger partial charge >= 0.3 is 0 Å². The molecule has 66 valence electrons. The molecular formula is C10H14O2.